The van der Waals surface area contributed by atoms with Gasteiger partial charge in [-0.25, -0.2) is 0 Å². The lowest BCUT2D eigenvalue weighted by molar-refractivity contribution is 0.0579. The van der Waals surface area contributed by atoms with Crippen LogP contribution < -0.4 is 4.74 Å². The van der Waals surface area contributed by atoms with Gasteiger partial charge in [-0.2, -0.15) is 0 Å². The van der Waals surface area contributed by atoms with Gasteiger partial charge in [0, 0.05) is 44.7 Å². The quantitative estimate of drug-likeness (QED) is 0.345. The first-order valence-electron chi connectivity index (χ1n) is 13.2. The molecule has 0 saturated heterocycles. The van der Waals surface area contributed by atoms with Crippen LogP contribution in [0.1, 0.15) is 58.2 Å². The third-order valence-corrected chi connectivity index (χ3v) is 6.47. The molecule has 2 aromatic rings. The van der Waals surface area contributed by atoms with Crippen molar-refractivity contribution in [1.29, 1.82) is 0 Å². The van der Waals surface area contributed by atoms with Crippen LogP contribution in [0.15, 0.2) is 48.5 Å². The first kappa shape index (κ1) is 30.3. The molecule has 0 radical (unpaired) electrons. The van der Waals surface area contributed by atoms with Crippen molar-refractivity contribution in [2.75, 3.05) is 39.3 Å². The van der Waals surface area contributed by atoms with Crippen molar-refractivity contribution in [2.45, 2.75) is 78.3 Å². The lowest BCUT2D eigenvalue weighted by Crippen LogP contribution is -2.45. The zero-order valence-electron chi connectivity index (χ0n) is 23.3. The average molecular weight is 501 g/mol. The SMILES string of the molecule is Cc1cccc(C(C)(C)c2ccc(OC(C)CN(CCN(CC(C)O)CC(C)O)CC(C)O)cc2)c1. The number of nitrogens with zero attached hydrogens (tertiary/aromatic N) is 2. The highest BCUT2D eigenvalue weighted by molar-refractivity contribution is 5.41. The van der Waals surface area contributed by atoms with Crippen molar-refractivity contribution < 1.29 is 20.1 Å². The van der Waals surface area contributed by atoms with Crippen molar-refractivity contribution in [1.82, 2.24) is 9.80 Å². The van der Waals surface area contributed by atoms with Crippen LogP contribution >= 0.6 is 0 Å². The maximum absolute atomic E-state index is 10.0. The molecule has 0 aliphatic carbocycles. The van der Waals surface area contributed by atoms with E-state index in [4.69, 9.17) is 4.74 Å². The highest BCUT2D eigenvalue weighted by atomic mass is 16.5. The summed E-state index contributed by atoms with van der Waals surface area (Å²) in [6, 6.07) is 17.0. The van der Waals surface area contributed by atoms with Crippen molar-refractivity contribution in [2.24, 2.45) is 0 Å². The Labute approximate surface area is 218 Å². The Morgan fingerprint density at radius 1 is 0.722 bits per heavy atom. The summed E-state index contributed by atoms with van der Waals surface area (Å²) in [5, 5.41) is 29.6. The number of hydrogen-bond acceptors (Lipinski definition) is 6. The second kappa shape index (κ2) is 14.1. The molecule has 202 valence electrons. The van der Waals surface area contributed by atoms with Gasteiger partial charge in [-0.3, -0.25) is 9.80 Å². The predicted molar refractivity (Wildman–Crippen MR) is 148 cm³/mol. The number of ether oxygens (including phenoxy) is 1. The van der Waals surface area contributed by atoms with Crippen molar-refractivity contribution in [3.63, 3.8) is 0 Å². The smallest absolute Gasteiger partial charge is 0.119 e. The van der Waals surface area contributed by atoms with E-state index in [0.29, 0.717) is 39.3 Å². The molecule has 36 heavy (non-hydrogen) atoms. The van der Waals surface area contributed by atoms with Crippen LogP contribution in [-0.2, 0) is 5.41 Å². The van der Waals surface area contributed by atoms with Crippen molar-refractivity contribution in [3.8, 4) is 5.75 Å². The summed E-state index contributed by atoms with van der Waals surface area (Å²) in [7, 11) is 0. The second-order valence-electron chi connectivity index (χ2n) is 11.0. The molecule has 0 spiro atoms. The molecule has 2 aromatic carbocycles. The molecule has 0 aliphatic rings. The van der Waals surface area contributed by atoms with Crippen molar-refractivity contribution >= 4 is 0 Å². The fraction of sp³-hybridized carbons (Fsp3) is 0.600. The zero-order chi connectivity index (χ0) is 26.9. The third-order valence-electron chi connectivity index (χ3n) is 6.47. The summed E-state index contributed by atoms with van der Waals surface area (Å²) in [6.07, 6.45) is -1.45. The minimum Gasteiger partial charge on any atom is -0.489 e. The largest absolute Gasteiger partial charge is 0.489 e. The van der Waals surface area contributed by atoms with Gasteiger partial charge in [-0.1, -0.05) is 55.8 Å². The second-order valence-corrected chi connectivity index (χ2v) is 11.0. The summed E-state index contributed by atoms with van der Waals surface area (Å²) in [6.45, 7) is 17.6. The number of aliphatic hydroxyl groups excluding tert-OH is 3. The van der Waals surface area contributed by atoms with Gasteiger partial charge in [0.2, 0.25) is 0 Å². The van der Waals surface area contributed by atoms with Gasteiger partial charge in [0.05, 0.1) is 18.3 Å². The Bertz CT molecular complexity index is 886. The molecule has 6 heteroatoms. The van der Waals surface area contributed by atoms with Gasteiger partial charge >= 0.3 is 0 Å². The van der Waals surface area contributed by atoms with Gasteiger partial charge in [-0.05, 0) is 57.9 Å². The van der Waals surface area contributed by atoms with E-state index in [1.165, 1.54) is 16.7 Å². The molecule has 0 fully saturated rings. The van der Waals surface area contributed by atoms with E-state index in [2.05, 4.69) is 67.0 Å². The van der Waals surface area contributed by atoms with E-state index in [-0.39, 0.29) is 11.5 Å². The highest BCUT2D eigenvalue weighted by Gasteiger charge is 2.23. The van der Waals surface area contributed by atoms with E-state index in [9.17, 15) is 15.3 Å². The lowest BCUT2D eigenvalue weighted by atomic mass is 9.78. The summed E-state index contributed by atoms with van der Waals surface area (Å²) >= 11 is 0. The van der Waals surface area contributed by atoms with E-state index in [1.54, 1.807) is 20.8 Å². The molecule has 0 heterocycles. The molecular weight excluding hydrogens is 452 g/mol. The fourth-order valence-electron chi connectivity index (χ4n) is 4.70. The average Bonchev–Trinajstić information content (AvgIpc) is 2.76. The fourth-order valence-corrected chi connectivity index (χ4v) is 4.70. The van der Waals surface area contributed by atoms with Gasteiger partial charge in [0.25, 0.3) is 0 Å². The predicted octanol–water partition coefficient (Wildman–Crippen LogP) is 3.83. The third kappa shape index (κ3) is 10.2. The number of benzene rings is 2. The Balaban J connectivity index is 2.00. The maximum atomic E-state index is 10.0. The van der Waals surface area contributed by atoms with E-state index in [1.807, 2.05) is 19.1 Å². The van der Waals surface area contributed by atoms with Gasteiger partial charge < -0.3 is 20.1 Å². The Morgan fingerprint density at radius 3 is 1.69 bits per heavy atom. The standard InChI is InChI=1S/C30H48N2O4/c1-22-9-8-10-28(17-22)30(6,7)27-11-13-29(14-12-27)36-26(5)21-32(20-25(4)35)16-15-31(18-23(2)33)19-24(3)34/h8-14,17,23-26,33-35H,15-16,18-21H2,1-7H3. The van der Waals surface area contributed by atoms with Crippen LogP contribution in [0.25, 0.3) is 0 Å². The van der Waals surface area contributed by atoms with E-state index >= 15 is 0 Å². The van der Waals surface area contributed by atoms with Crippen LogP contribution in [0.3, 0.4) is 0 Å². The number of aliphatic hydroxyl groups is 3. The van der Waals surface area contributed by atoms with Crippen LogP contribution in [0, 0.1) is 6.92 Å². The molecule has 0 bridgehead atoms. The van der Waals surface area contributed by atoms with Gasteiger partial charge in [0.15, 0.2) is 0 Å². The minimum atomic E-state index is -0.463. The molecule has 3 N–H and O–H groups in total. The first-order chi connectivity index (χ1) is 16.9. The summed E-state index contributed by atoms with van der Waals surface area (Å²) < 4.78 is 6.24. The normalized spacial score (nSPS) is 15.7. The molecule has 4 unspecified atom stereocenters. The molecule has 0 saturated carbocycles. The Kier molecular flexibility index (Phi) is 11.9. The molecule has 0 aliphatic heterocycles. The lowest BCUT2D eigenvalue weighted by Gasteiger charge is -2.31. The van der Waals surface area contributed by atoms with Crippen LogP contribution in [-0.4, -0.2) is 88.8 Å². The number of hydrogen-bond donors (Lipinski definition) is 3. The molecule has 4 atom stereocenters. The minimum absolute atomic E-state index is 0.0682. The highest BCUT2D eigenvalue weighted by Crippen LogP contribution is 2.33. The number of aryl methyl sites for hydroxylation is 1. The van der Waals surface area contributed by atoms with E-state index < -0.39 is 18.3 Å². The van der Waals surface area contributed by atoms with Gasteiger partial charge in [-0.15, -0.1) is 0 Å². The first-order valence-corrected chi connectivity index (χ1v) is 13.2. The van der Waals surface area contributed by atoms with Crippen LogP contribution in [0.5, 0.6) is 5.75 Å². The molecule has 0 aromatic heterocycles. The Hall–Kier alpha value is -1.96. The Morgan fingerprint density at radius 2 is 1.22 bits per heavy atom. The molecule has 0 amide bonds. The monoisotopic (exact) mass is 500 g/mol. The maximum Gasteiger partial charge on any atom is 0.119 e. The summed E-state index contributed by atoms with van der Waals surface area (Å²) in [5.74, 6) is 0.827. The van der Waals surface area contributed by atoms with E-state index in [0.717, 1.165) is 5.75 Å². The summed E-state index contributed by atoms with van der Waals surface area (Å²) in [5.41, 5.74) is 3.68. The van der Waals surface area contributed by atoms with Gasteiger partial charge in [0.1, 0.15) is 11.9 Å². The topological polar surface area (TPSA) is 76.4 Å². The summed E-state index contributed by atoms with van der Waals surface area (Å²) in [4.78, 5) is 4.24. The molecule has 6 nitrogen and oxygen atoms in total. The molecular formula is C30H48N2O4. The van der Waals surface area contributed by atoms with Crippen LogP contribution in [0.2, 0.25) is 0 Å². The number of rotatable bonds is 15. The molecule has 2 rings (SSSR count). The zero-order valence-corrected chi connectivity index (χ0v) is 23.3. The van der Waals surface area contributed by atoms with Crippen LogP contribution in [0.4, 0.5) is 0 Å². The van der Waals surface area contributed by atoms with Crippen molar-refractivity contribution in [3.05, 3.63) is 65.2 Å².